The number of carbonyl (C=O) groups is 3. The standard InChI is InChI=1S/C73H124O6/c1-4-7-10-13-16-19-22-25-27-29-31-33-35-36-38-39-41-43-45-48-51-54-57-60-63-66-72(75)78-69-70(68-77-71(74)65-62-59-56-53-50-47-24-21-18-15-12-9-6-3)79-73(76)67-64-61-58-55-52-49-46-44-42-40-37-34-32-30-28-26-23-20-17-14-11-8-5-2/h8-9,11-12,17-18,20-22,25-26,28-29,31-32,34,47,50,70H,4-7,10,13-16,19,23-24,27,30,33,35-46,48-49,51-69H2,1-3H3/b11-8-,12-9-,20-17-,21-18-,25-22-,28-26-,31-29-,34-32-,50-47-. The van der Waals surface area contributed by atoms with E-state index < -0.39 is 6.10 Å². The molecule has 0 spiro atoms. The van der Waals surface area contributed by atoms with Crippen LogP contribution in [0.5, 0.6) is 0 Å². The lowest BCUT2D eigenvalue weighted by molar-refractivity contribution is -0.167. The Morgan fingerprint density at radius 3 is 0.785 bits per heavy atom. The van der Waals surface area contributed by atoms with Gasteiger partial charge in [-0.15, -0.1) is 0 Å². The molecule has 0 saturated carbocycles. The van der Waals surface area contributed by atoms with Gasteiger partial charge in [-0.25, -0.2) is 0 Å². The van der Waals surface area contributed by atoms with Gasteiger partial charge in [-0.1, -0.05) is 284 Å². The molecule has 0 aromatic carbocycles. The largest absolute Gasteiger partial charge is 0.462 e. The van der Waals surface area contributed by atoms with Crippen LogP contribution in [-0.2, 0) is 28.6 Å². The first kappa shape index (κ1) is 75.1. The van der Waals surface area contributed by atoms with Gasteiger partial charge in [0, 0.05) is 19.3 Å². The maximum atomic E-state index is 12.9. The Balaban J connectivity index is 4.32. The topological polar surface area (TPSA) is 78.9 Å². The summed E-state index contributed by atoms with van der Waals surface area (Å²) in [5, 5.41) is 0. The molecule has 1 unspecified atom stereocenters. The first-order chi connectivity index (χ1) is 39.0. The zero-order chi connectivity index (χ0) is 57.1. The summed E-state index contributed by atoms with van der Waals surface area (Å²) < 4.78 is 16.9. The van der Waals surface area contributed by atoms with Crippen molar-refractivity contribution in [3.05, 3.63) is 109 Å². The van der Waals surface area contributed by atoms with E-state index in [1.165, 1.54) is 161 Å². The monoisotopic (exact) mass is 1100 g/mol. The predicted molar refractivity (Wildman–Crippen MR) is 343 cm³/mol. The highest BCUT2D eigenvalue weighted by Crippen LogP contribution is 2.16. The molecule has 0 aromatic heterocycles. The second kappa shape index (κ2) is 66.6. The molecule has 0 N–H and O–H groups in total. The van der Waals surface area contributed by atoms with Gasteiger partial charge in [0.2, 0.25) is 0 Å². The van der Waals surface area contributed by atoms with E-state index in [1.807, 2.05) is 0 Å². The van der Waals surface area contributed by atoms with Crippen LogP contribution in [-0.4, -0.2) is 37.2 Å². The predicted octanol–water partition coefficient (Wildman–Crippen LogP) is 23.0. The van der Waals surface area contributed by atoms with E-state index in [2.05, 4.69) is 130 Å². The summed E-state index contributed by atoms with van der Waals surface area (Å²) in [6.45, 7) is 6.40. The normalized spacial score (nSPS) is 12.8. The molecule has 79 heavy (non-hydrogen) atoms. The summed E-state index contributed by atoms with van der Waals surface area (Å²) in [6, 6.07) is 0. The van der Waals surface area contributed by atoms with E-state index >= 15 is 0 Å². The molecule has 452 valence electrons. The van der Waals surface area contributed by atoms with E-state index in [9.17, 15) is 14.4 Å². The minimum atomic E-state index is -0.796. The lowest BCUT2D eigenvalue weighted by Gasteiger charge is -2.18. The maximum Gasteiger partial charge on any atom is 0.306 e. The van der Waals surface area contributed by atoms with Gasteiger partial charge in [0.25, 0.3) is 0 Å². The highest BCUT2D eigenvalue weighted by Gasteiger charge is 2.19. The van der Waals surface area contributed by atoms with Gasteiger partial charge in [-0.05, 0) is 122 Å². The molecule has 0 aromatic rings. The van der Waals surface area contributed by atoms with E-state index in [1.54, 1.807) is 0 Å². The van der Waals surface area contributed by atoms with Crippen molar-refractivity contribution in [3.63, 3.8) is 0 Å². The van der Waals surface area contributed by atoms with Gasteiger partial charge in [-0.2, -0.15) is 0 Å². The quantitative estimate of drug-likeness (QED) is 0.0261. The third kappa shape index (κ3) is 64.8. The third-order valence-corrected chi connectivity index (χ3v) is 14.2. The molecule has 0 aliphatic rings. The molecule has 0 rings (SSSR count). The molecule has 0 radical (unpaired) electrons. The van der Waals surface area contributed by atoms with E-state index in [-0.39, 0.29) is 31.1 Å². The first-order valence-corrected chi connectivity index (χ1v) is 33.4. The fourth-order valence-corrected chi connectivity index (χ4v) is 9.30. The molecular formula is C73H124O6. The Bertz CT molecular complexity index is 1590. The summed E-state index contributed by atoms with van der Waals surface area (Å²) in [6.07, 6.45) is 91.1. The Morgan fingerprint density at radius 1 is 0.266 bits per heavy atom. The smallest absolute Gasteiger partial charge is 0.306 e. The highest BCUT2D eigenvalue weighted by atomic mass is 16.6. The lowest BCUT2D eigenvalue weighted by Crippen LogP contribution is -2.30. The van der Waals surface area contributed by atoms with Gasteiger partial charge in [0.1, 0.15) is 13.2 Å². The van der Waals surface area contributed by atoms with Gasteiger partial charge in [0.15, 0.2) is 6.10 Å². The number of ether oxygens (including phenoxy) is 3. The number of allylic oxidation sites excluding steroid dienone is 18. The molecule has 0 heterocycles. The number of hydrogen-bond acceptors (Lipinski definition) is 6. The van der Waals surface area contributed by atoms with E-state index in [4.69, 9.17) is 14.2 Å². The van der Waals surface area contributed by atoms with E-state index in [0.29, 0.717) is 19.3 Å². The highest BCUT2D eigenvalue weighted by molar-refractivity contribution is 5.71. The number of esters is 3. The van der Waals surface area contributed by atoms with Crippen LogP contribution in [0.2, 0.25) is 0 Å². The van der Waals surface area contributed by atoms with Crippen molar-refractivity contribution in [2.75, 3.05) is 13.2 Å². The van der Waals surface area contributed by atoms with Crippen molar-refractivity contribution < 1.29 is 28.6 Å². The third-order valence-electron chi connectivity index (χ3n) is 14.2. The van der Waals surface area contributed by atoms with Gasteiger partial charge in [0.05, 0.1) is 0 Å². The van der Waals surface area contributed by atoms with Crippen LogP contribution in [0.3, 0.4) is 0 Å². The van der Waals surface area contributed by atoms with Crippen molar-refractivity contribution in [1.82, 2.24) is 0 Å². The molecular weight excluding hydrogens is 973 g/mol. The van der Waals surface area contributed by atoms with Crippen LogP contribution in [0.4, 0.5) is 0 Å². The molecule has 0 bridgehead atoms. The van der Waals surface area contributed by atoms with Crippen LogP contribution < -0.4 is 0 Å². The van der Waals surface area contributed by atoms with Crippen LogP contribution in [0, 0.1) is 0 Å². The molecule has 0 aliphatic heterocycles. The van der Waals surface area contributed by atoms with Crippen molar-refractivity contribution in [1.29, 1.82) is 0 Å². The summed E-state index contributed by atoms with van der Waals surface area (Å²) in [5.41, 5.74) is 0. The molecule has 0 amide bonds. The minimum Gasteiger partial charge on any atom is -0.462 e. The van der Waals surface area contributed by atoms with Gasteiger partial charge >= 0.3 is 17.9 Å². The zero-order valence-corrected chi connectivity index (χ0v) is 51.9. The Labute approximate surface area is 489 Å². The average molecular weight is 1100 g/mol. The molecule has 6 nitrogen and oxygen atoms in total. The van der Waals surface area contributed by atoms with Gasteiger partial charge < -0.3 is 14.2 Å². The minimum absolute atomic E-state index is 0.0892. The summed E-state index contributed by atoms with van der Waals surface area (Å²) in [7, 11) is 0. The average Bonchev–Trinajstić information content (AvgIpc) is 3.45. The second-order valence-electron chi connectivity index (χ2n) is 22.0. The zero-order valence-electron chi connectivity index (χ0n) is 51.9. The molecule has 0 saturated heterocycles. The summed E-state index contributed by atoms with van der Waals surface area (Å²) >= 11 is 0. The Kier molecular flexibility index (Phi) is 63.3. The van der Waals surface area contributed by atoms with Crippen LogP contribution in [0.1, 0.15) is 316 Å². The van der Waals surface area contributed by atoms with Crippen molar-refractivity contribution in [3.8, 4) is 0 Å². The molecule has 6 heteroatoms. The number of rotatable bonds is 60. The number of carbonyl (C=O) groups excluding carboxylic acids is 3. The summed E-state index contributed by atoms with van der Waals surface area (Å²) in [5.74, 6) is -0.916. The molecule has 1 atom stereocenters. The molecule has 0 fully saturated rings. The van der Waals surface area contributed by atoms with E-state index in [0.717, 1.165) is 116 Å². The van der Waals surface area contributed by atoms with Gasteiger partial charge in [-0.3, -0.25) is 14.4 Å². The Morgan fingerprint density at radius 2 is 0.494 bits per heavy atom. The van der Waals surface area contributed by atoms with Crippen molar-refractivity contribution in [2.45, 2.75) is 322 Å². The number of unbranched alkanes of at least 4 members (excludes halogenated alkanes) is 31. The van der Waals surface area contributed by atoms with Crippen molar-refractivity contribution >= 4 is 17.9 Å². The maximum absolute atomic E-state index is 12.9. The fourth-order valence-electron chi connectivity index (χ4n) is 9.30. The van der Waals surface area contributed by atoms with Crippen LogP contribution >= 0.6 is 0 Å². The lowest BCUT2D eigenvalue weighted by atomic mass is 10.0. The second-order valence-corrected chi connectivity index (χ2v) is 22.0. The molecule has 0 aliphatic carbocycles. The van der Waals surface area contributed by atoms with Crippen LogP contribution in [0.15, 0.2) is 109 Å². The SMILES string of the molecule is CC/C=C\C/C=C\C/C=C\C/C=C\CCCCCCCCCCCCC(=O)OC(COC(=O)CCCCC/C=C\C/C=C\C/C=C\CC)COC(=O)CCCCCCCCCCCCCCC/C=C\C/C=C\CCCCCCC. The fraction of sp³-hybridized carbons (Fsp3) is 0.712. The number of hydrogen-bond donors (Lipinski definition) is 0. The summed E-state index contributed by atoms with van der Waals surface area (Å²) in [4.78, 5) is 38.4. The van der Waals surface area contributed by atoms with Crippen LogP contribution in [0.25, 0.3) is 0 Å². The van der Waals surface area contributed by atoms with Crippen molar-refractivity contribution in [2.24, 2.45) is 0 Å². The Hall–Kier alpha value is -3.93. The first-order valence-electron chi connectivity index (χ1n) is 33.4.